The van der Waals surface area contributed by atoms with Crippen molar-refractivity contribution in [1.29, 1.82) is 0 Å². The van der Waals surface area contributed by atoms with Crippen LogP contribution in [0.5, 0.6) is 11.5 Å². The fourth-order valence-corrected chi connectivity index (χ4v) is 2.05. The fourth-order valence-electron chi connectivity index (χ4n) is 1.83. The van der Waals surface area contributed by atoms with Crippen molar-refractivity contribution in [2.45, 2.75) is 33.1 Å². The second-order valence-corrected chi connectivity index (χ2v) is 4.72. The van der Waals surface area contributed by atoms with Crippen LogP contribution >= 0.6 is 11.6 Å². The van der Waals surface area contributed by atoms with Gasteiger partial charge in [0.15, 0.2) is 5.78 Å². The minimum Gasteiger partial charge on any atom is -0.493 e. The van der Waals surface area contributed by atoms with E-state index in [-0.39, 0.29) is 25.0 Å². The standard InChI is InChI=1S/C15H19ClO5/c1-3-20-13-9-14(21-4-2)11(16)8-10(13)12(17)6-5-7-15(18)19/h8-9H,3-7H2,1-2H3,(H,18,19). The van der Waals surface area contributed by atoms with Crippen LogP contribution in [0.4, 0.5) is 0 Å². The smallest absolute Gasteiger partial charge is 0.303 e. The minimum absolute atomic E-state index is 0.0412. The molecule has 0 spiro atoms. The summed E-state index contributed by atoms with van der Waals surface area (Å²) in [6.45, 7) is 4.51. The quantitative estimate of drug-likeness (QED) is 0.705. The Balaban J connectivity index is 2.95. The van der Waals surface area contributed by atoms with E-state index >= 15 is 0 Å². The molecule has 0 radical (unpaired) electrons. The predicted molar refractivity (Wildman–Crippen MR) is 79.6 cm³/mol. The second kappa shape index (κ2) is 8.52. The maximum atomic E-state index is 12.2. The highest BCUT2D eigenvalue weighted by Crippen LogP contribution is 2.33. The number of Topliss-reactive ketones (excluding diaryl/α,β-unsaturated/α-hetero) is 1. The lowest BCUT2D eigenvalue weighted by atomic mass is 10.0. The number of hydrogen-bond donors (Lipinski definition) is 1. The highest BCUT2D eigenvalue weighted by molar-refractivity contribution is 6.32. The molecule has 0 heterocycles. The lowest BCUT2D eigenvalue weighted by molar-refractivity contribution is -0.137. The monoisotopic (exact) mass is 314 g/mol. The molecule has 0 aliphatic carbocycles. The Bertz CT molecular complexity index is 513. The number of benzene rings is 1. The van der Waals surface area contributed by atoms with Crippen molar-refractivity contribution in [3.63, 3.8) is 0 Å². The average Bonchev–Trinajstić information content (AvgIpc) is 2.42. The van der Waals surface area contributed by atoms with Crippen LogP contribution in [0.2, 0.25) is 5.02 Å². The molecule has 1 rings (SSSR count). The molecule has 0 aliphatic rings. The number of carboxylic acid groups (broad SMARTS) is 1. The van der Waals surface area contributed by atoms with Crippen molar-refractivity contribution in [3.05, 3.63) is 22.7 Å². The molecular weight excluding hydrogens is 296 g/mol. The molecule has 1 aromatic carbocycles. The molecule has 1 aromatic rings. The number of hydrogen-bond acceptors (Lipinski definition) is 4. The van der Waals surface area contributed by atoms with Gasteiger partial charge in [-0.3, -0.25) is 9.59 Å². The van der Waals surface area contributed by atoms with E-state index in [9.17, 15) is 9.59 Å². The Kier molecular flexibility index (Phi) is 7.02. The van der Waals surface area contributed by atoms with E-state index < -0.39 is 5.97 Å². The summed E-state index contributed by atoms with van der Waals surface area (Å²) in [5.41, 5.74) is 0.357. The molecule has 116 valence electrons. The van der Waals surface area contributed by atoms with Crippen LogP contribution in [0.1, 0.15) is 43.5 Å². The Morgan fingerprint density at radius 3 is 2.29 bits per heavy atom. The number of ketones is 1. The molecule has 0 aromatic heterocycles. The number of halogens is 1. The number of rotatable bonds is 9. The van der Waals surface area contributed by atoms with E-state index in [2.05, 4.69) is 0 Å². The number of carbonyl (C=O) groups is 2. The molecule has 5 nitrogen and oxygen atoms in total. The van der Waals surface area contributed by atoms with Crippen molar-refractivity contribution in [3.8, 4) is 11.5 Å². The summed E-state index contributed by atoms with van der Waals surface area (Å²) in [6, 6.07) is 3.11. The lowest BCUT2D eigenvalue weighted by Gasteiger charge is -2.13. The van der Waals surface area contributed by atoms with E-state index in [0.29, 0.717) is 35.3 Å². The van der Waals surface area contributed by atoms with E-state index in [4.69, 9.17) is 26.2 Å². The minimum atomic E-state index is -0.919. The van der Waals surface area contributed by atoms with Crippen molar-refractivity contribution >= 4 is 23.4 Å². The predicted octanol–water partition coefficient (Wildman–Crippen LogP) is 3.58. The van der Waals surface area contributed by atoms with Gasteiger partial charge >= 0.3 is 5.97 Å². The van der Waals surface area contributed by atoms with Gasteiger partial charge in [-0.25, -0.2) is 0 Å². The summed E-state index contributed by atoms with van der Waals surface area (Å²) in [5, 5.41) is 8.94. The van der Waals surface area contributed by atoms with E-state index in [0.717, 1.165) is 0 Å². The van der Waals surface area contributed by atoms with Crippen LogP contribution < -0.4 is 9.47 Å². The summed E-state index contributed by atoms with van der Waals surface area (Å²) >= 11 is 6.08. The summed E-state index contributed by atoms with van der Waals surface area (Å²) in [7, 11) is 0. The first-order chi connectivity index (χ1) is 9.99. The van der Waals surface area contributed by atoms with Crippen molar-refractivity contribution in [2.75, 3.05) is 13.2 Å². The zero-order chi connectivity index (χ0) is 15.8. The molecule has 21 heavy (non-hydrogen) atoms. The molecule has 0 saturated heterocycles. The van der Waals surface area contributed by atoms with Crippen molar-refractivity contribution in [2.24, 2.45) is 0 Å². The first kappa shape index (κ1) is 17.3. The van der Waals surface area contributed by atoms with E-state index in [1.807, 2.05) is 13.8 Å². The Morgan fingerprint density at radius 2 is 1.71 bits per heavy atom. The molecule has 0 saturated carbocycles. The van der Waals surface area contributed by atoms with Gasteiger partial charge in [0.05, 0.1) is 23.8 Å². The van der Waals surface area contributed by atoms with Crippen LogP contribution in [0, 0.1) is 0 Å². The van der Waals surface area contributed by atoms with Crippen LogP contribution in [0.3, 0.4) is 0 Å². The molecule has 0 atom stereocenters. The number of carboxylic acids is 1. The van der Waals surface area contributed by atoms with Gasteiger partial charge in [0.1, 0.15) is 11.5 Å². The third kappa shape index (κ3) is 5.27. The van der Waals surface area contributed by atoms with Crippen LogP contribution in [0.15, 0.2) is 12.1 Å². The molecule has 1 N–H and O–H groups in total. The fraction of sp³-hybridized carbons (Fsp3) is 0.467. The maximum absolute atomic E-state index is 12.2. The number of carbonyl (C=O) groups excluding carboxylic acids is 1. The molecule has 0 amide bonds. The number of aliphatic carboxylic acids is 1. The Hall–Kier alpha value is -1.75. The molecule has 0 fully saturated rings. The third-order valence-electron chi connectivity index (χ3n) is 2.73. The van der Waals surface area contributed by atoms with Crippen LogP contribution in [0.25, 0.3) is 0 Å². The van der Waals surface area contributed by atoms with Crippen molar-refractivity contribution < 1.29 is 24.2 Å². The number of ether oxygens (including phenoxy) is 2. The van der Waals surface area contributed by atoms with Gasteiger partial charge in [-0.2, -0.15) is 0 Å². The van der Waals surface area contributed by atoms with Crippen LogP contribution in [-0.4, -0.2) is 30.1 Å². The SMILES string of the molecule is CCOc1cc(OCC)c(C(=O)CCCC(=O)O)cc1Cl. The van der Waals surface area contributed by atoms with Crippen molar-refractivity contribution in [1.82, 2.24) is 0 Å². The molecule has 0 unspecified atom stereocenters. The molecule has 6 heteroatoms. The Morgan fingerprint density at radius 1 is 1.10 bits per heavy atom. The highest BCUT2D eigenvalue weighted by atomic mass is 35.5. The zero-order valence-electron chi connectivity index (χ0n) is 12.1. The summed E-state index contributed by atoms with van der Waals surface area (Å²) in [5.74, 6) is -0.238. The Labute approximate surface area is 128 Å². The van der Waals surface area contributed by atoms with Gasteiger partial charge < -0.3 is 14.6 Å². The van der Waals surface area contributed by atoms with Gasteiger partial charge in [-0.15, -0.1) is 0 Å². The zero-order valence-corrected chi connectivity index (χ0v) is 12.9. The average molecular weight is 315 g/mol. The first-order valence-corrected chi connectivity index (χ1v) is 7.21. The highest BCUT2D eigenvalue weighted by Gasteiger charge is 2.17. The second-order valence-electron chi connectivity index (χ2n) is 4.32. The van der Waals surface area contributed by atoms with Gasteiger partial charge in [-0.05, 0) is 26.3 Å². The third-order valence-corrected chi connectivity index (χ3v) is 3.02. The van der Waals surface area contributed by atoms with Gasteiger partial charge in [0.25, 0.3) is 0 Å². The summed E-state index contributed by atoms with van der Waals surface area (Å²) < 4.78 is 10.8. The maximum Gasteiger partial charge on any atom is 0.303 e. The first-order valence-electron chi connectivity index (χ1n) is 6.83. The van der Waals surface area contributed by atoms with E-state index in [1.54, 1.807) is 6.07 Å². The largest absolute Gasteiger partial charge is 0.493 e. The molecular formula is C15H19ClO5. The van der Waals surface area contributed by atoms with Gasteiger partial charge in [0.2, 0.25) is 0 Å². The summed E-state index contributed by atoms with van der Waals surface area (Å²) in [6.07, 6.45) is 0.377. The van der Waals surface area contributed by atoms with Gasteiger partial charge in [0, 0.05) is 18.9 Å². The topological polar surface area (TPSA) is 72.8 Å². The normalized spacial score (nSPS) is 10.2. The summed E-state index contributed by atoms with van der Waals surface area (Å²) in [4.78, 5) is 22.7. The van der Waals surface area contributed by atoms with Gasteiger partial charge in [-0.1, -0.05) is 11.6 Å². The lowest BCUT2D eigenvalue weighted by Crippen LogP contribution is -2.06. The molecule has 0 bridgehead atoms. The van der Waals surface area contributed by atoms with Crippen LogP contribution in [-0.2, 0) is 4.79 Å². The molecule has 0 aliphatic heterocycles. The van der Waals surface area contributed by atoms with E-state index in [1.165, 1.54) is 6.07 Å².